The van der Waals surface area contributed by atoms with Crippen LogP contribution in [0.4, 0.5) is 10.1 Å². The molecule has 9 heteroatoms. The normalized spacial score (nSPS) is 12.1. The predicted molar refractivity (Wildman–Crippen MR) is 74.0 cm³/mol. The van der Waals surface area contributed by atoms with E-state index in [2.05, 4.69) is 14.9 Å². The maximum absolute atomic E-state index is 13.0. The number of nitrogens with one attached hydrogen (secondary N) is 1. The second-order valence-electron chi connectivity index (χ2n) is 4.01. The van der Waals surface area contributed by atoms with Crippen molar-refractivity contribution in [2.45, 2.75) is 4.90 Å². The average Bonchev–Trinajstić information content (AvgIpc) is 2.46. The molecule has 0 unspecified atom stereocenters. The van der Waals surface area contributed by atoms with Gasteiger partial charge in [0.15, 0.2) is 5.84 Å². The van der Waals surface area contributed by atoms with E-state index in [1.54, 1.807) is 0 Å². The average molecular weight is 310 g/mol. The third-order valence-corrected chi connectivity index (χ3v) is 3.86. The van der Waals surface area contributed by atoms with Crippen LogP contribution in [0.5, 0.6) is 0 Å². The van der Waals surface area contributed by atoms with E-state index in [0.29, 0.717) is 5.56 Å². The van der Waals surface area contributed by atoms with Gasteiger partial charge in [-0.3, -0.25) is 9.71 Å². The zero-order valence-electron chi connectivity index (χ0n) is 10.6. The maximum atomic E-state index is 13.0. The molecule has 0 aliphatic heterocycles. The largest absolute Gasteiger partial charge is 0.409 e. The number of amidine groups is 1. The number of aromatic nitrogens is 1. The number of benzene rings is 1. The maximum Gasteiger partial charge on any atom is 0.263 e. The van der Waals surface area contributed by atoms with Gasteiger partial charge in [-0.2, -0.15) is 0 Å². The van der Waals surface area contributed by atoms with Crippen molar-refractivity contribution in [3.05, 3.63) is 54.1 Å². The summed E-state index contributed by atoms with van der Waals surface area (Å²) < 4.78 is 39.4. The highest BCUT2D eigenvalue weighted by Crippen LogP contribution is 2.17. The Bertz CT molecular complexity index is 793. The first kappa shape index (κ1) is 14.7. The van der Waals surface area contributed by atoms with Crippen molar-refractivity contribution in [1.29, 1.82) is 0 Å². The Kier molecular flexibility index (Phi) is 4.03. The number of halogens is 1. The minimum atomic E-state index is -3.98. The number of sulfonamides is 1. The molecule has 1 aromatic carbocycles. The van der Waals surface area contributed by atoms with Crippen molar-refractivity contribution in [2.24, 2.45) is 10.9 Å². The molecular weight excluding hydrogens is 299 g/mol. The highest BCUT2D eigenvalue weighted by molar-refractivity contribution is 7.92. The molecule has 2 aromatic rings. The predicted octanol–water partition coefficient (Wildman–Crippen LogP) is 1.12. The van der Waals surface area contributed by atoms with Gasteiger partial charge in [-0.05, 0) is 18.2 Å². The van der Waals surface area contributed by atoms with Crippen molar-refractivity contribution < 1.29 is 18.0 Å². The summed E-state index contributed by atoms with van der Waals surface area (Å²) in [5.74, 6) is -0.924. The van der Waals surface area contributed by atoms with Crippen molar-refractivity contribution in [3.8, 4) is 0 Å². The van der Waals surface area contributed by atoms with Gasteiger partial charge >= 0.3 is 0 Å². The summed E-state index contributed by atoms with van der Waals surface area (Å²) in [6.45, 7) is 0. The summed E-state index contributed by atoms with van der Waals surface area (Å²) in [5.41, 5.74) is 5.93. The van der Waals surface area contributed by atoms with Crippen LogP contribution in [-0.4, -0.2) is 24.4 Å². The Balaban J connectivity index is 2.33. The van der Waals surface area contributed by atoms with E-state index >= 15 is 0 Å². The monoisotopic (exact) mass is 310 g/mol. The lowest BCUT2D eigenvalue weighted by Gasteiger charge is -2.09. The lowest BCUT2D eigenvalue weighted by Crippen LogP contribution is -2.16. The molecule has 21 heavy (non-hydrogen) atoms. The van der Waals surface area contributed by atoms with Gasteiger partial charge < -0.3 is 10.9 Å². The molecule has 0 atom stereocenters. The standard InChI is InChI=1S/C12H11FN4O3S/c13-9-5-11(7-15-6-9)21(19,20)17-10-3-1-2-8(4-10)12(14)16-18/h1-7,17-18H,(H2,14,16). The molecule has 0 saturated heterocycles. The summed E-state index contributed by atoms with van der Waals surface area (Å²) in [7, 11) is -3.98. The highest BCUT2D eigenvalue weighted by atomic mass is 32.2. The molecule has 0 bridgehead atoms. The number of hydrogen-bond donors (Lipinski definition) is 3. The van der Waals surface area contributed by atoms with Crippen LogP contribution < -0.4 is 10.5 Å². The molecule has 110 valence electrons. The van der Waals surface area contributed by atoms with Crippen LogP contribution in [0.2, 0.25) is 0 Å². The first-order chi connectivity index (χ1) is 9.92. The van der Waals surface area contributed by atoms with Gasteiger partial charge in [-0.1, -0.05) is 17.3 Å². The fourth-order valence-electron chi connectivity index (χ4n) is 1.55. The minimum Gasteiger partial charge on any atom is -0.409 e. The third-order valence-electron chi connectivity index (χ3n) is 2.51. The van der Waals surface area contributed by atoms with Crippen LogP contribution in [0.15, 0.2) is 52.8 Å². The number of anilines is 1. The van der Waals surface area contributed by atoms with Gasteiger partial charge in [-0.25, -0.2) is 12.8 Å². The number of rotatable bonds is 4. The lowest BCUT2D eigenvalue weighted by atomic mass is 10.2. The second-order valence-corrected chi connectivity index (χ2v) is 5.69. The quantitative estimate of drug-likeness (QED) is 0.338. The van der Waals surface area contributed by atoms with Crippen molar-refractivity contribution in [1.82, 2.24) is 4.98 Å². The molecule has 0 fully saturated rings. The molecular formula is C12H11FN4O3S. The smallest absolute Gasteiger partial charge is 0.263 e. The molecule has 0 saturated carbocycles. The molecule has 4 N–H and O–H groups in total. The fraction of sp³-hybridized carbons (Fsp3) is 0. The van der Waals surface area contributed by atoms with Gasteiger partial charge in [0.2, 0.25) is 0 Å². The van der Waals surface area contributed by atoms with E-state index < -0.39 is 15.8 Å². The van der Waals surface area contributed by atoms with Gasteiger partial charge in [0, 0.05) is 17.4 Å². The van der Waals surface area contributed by atoms with Crippen LogP contribution in [0.25, 0.3) is 0 Å². The number of hydrogen-bond acceptors (Lipinski definition) is 5. The SMILES string of the molecule is NC(=NO)c1cccc(NS(=O)(=O)c2cncc(F)c2)c1. The van der Waals surface area contributed by atoms with Crippen LogP contribution in [-0.2, 0) is 10.0 Å². The highest BCUT2D eigenvalue weighted by Gasteiger charge is 2.16. The van der Waals surface area contributed by atoms with E-state index in [1.165, 1.54) is 24.3 Å². The van der Waals surface area contributed by atoms with Crippen LogP contribution in [0.3, 0.4) is 0 Å². The van der Waals surface area contributed by atoms with Gasteiger partial charge in [-0.15, -0.1) is 0 Å². The second kappa shape index (κ2) is 5.75. The van der Waals surface area contributed by atoms with E-state index in [0.717, 1.165) is 18.5 Å². The molecule has 7 nitrogen and oxygen atoms in total. The van der Waals surface area contributed by atoms with Crippen LogP contribution in [0.1, 0.15) is 5.56 Å². The van der Waals surface area contributed by atoms with Gasteiger partial charge in [0.1, 0.15) is 10.7 Å². The van der Waals surface area contributed by atoms with Gasteiger partial charge in [0.05, 0.1) is 6.20 Å². The zero-order valence-corrected chi connectivity index (χ0v) is 11.4. The first-order valence-electron chi connectivity index (χ1n) is 5.64. The Morgan fingerprint density at radius 1 is 1.33 bits per heavy atom. The Labute approximate surface area is 120 Å². The Hall–Kier alpha value is -2.68. The summed E-state index contributed by atoms with van der Waals surface area (Å²) in [6, 6.07) is 6.76. The van der Waals surface area contributed by atoms with E-state index in [-0.39, 0.29) is 16.4 Å². The third kappa shape index (κ3) is 3.45. The van der Waals surface area contributed by atoms with Crippen molar-refractivity contribution in [2.75, 3.05) is 4.72 Å². The van der Waals surface area contributed by atoms with Crippen molar-refractivity contribution in [3.63, 3.8) is 0 Å². The number of nitrogens with zero attached hydrogens (tertiary/aromatic N) is 2. The summed E-state index contributed by atoms with van der Waals surface area (Å²) in [4.78, 5) is 3.18. The molecule has 0 spiro atoms. The first-order valence-corrected chi connectivity index (χ1v) is 7.12. The molecule has 0 amide bonds. The molecule has 0 aliphatic carbocycles. The summed E-state index contributed by atoms with van der Waals surface area (Å²) in [6.07, 6.45) is 1.93. The zero-order chi connectivity index (χ0) is 15.5. The fourth-order valence-corrected chi connectivity index (χ4v) is 2.58. The molecule has 1 aromatic heterocycles. The van der Waals surface area contributed by atoms with Crippen LogP contribution >= 0.6 is 0 Å². The Morgan fingerprint density at radius 2 is 2.10 bits per heavy atom. The van der Waals surface area contributed by atoms with E-state index in [1.807, 2.05) is 0 Å². The Morgan fingerprint density at radius 3 is 2.76 bits per heavy atom. The van der Waals surface area contributed by atoms with Crippen LogP contribution in [0, 0.1) is 5.82 Å². The molecule has 0 aliphatic rings. The van der Waals surface area contributed by atoms with Crippen molar-refractivity contribution >= 4 is 21.5 Å². The number of oxime groups is 1. The molecule has 0 radical (unpaired) electrons. The lowest BCUT2D eigenvalue weighted by molar-refractivity contribution is 0.318. The topological polar surface area (TPSA) is 118 Å². The summed E-state index contributed by atoms with van der Waals surface area (Å²) in [5, 5.41) is 11.4. The van der Waals surface area contributed by atoms with E-state index in [9.17, 15) is 12.8 Å². The molecule has 1 heterocycles. The molecule has 2 rings (SSSR count). The number of nitrogens with two attached hydrogens (primary N) is 1. The minimum absolute atomic E-state index is 0.163. The summed E-state index contributed by atoms with van der Waals surface area (Å²) >= 11 is 0. The van der Waals surface area contributed by atoms with E-state index in [4.69, 9.17) is 10.9 Å². The van der Waals surface area contributed by atoms with Gasteiger partial charge in [0.25, 0.3) is 10.0 Å². The number of pyridine rings is 1.